The smallest absolute Gasteiger partial charge is 0.306 e. The van der Waals surface area contributed by atoms with E-state index in [4.69, 9.17) is 5.11 Å². The second-order valence-electron chi connectivity index (χ2n) is 4.48. The lowest BCUT2D eigenvalue weighted by Gasteiger charge is -2.26. The molecule has 0 aromatic rings. The fourth-order valence-electron chi connectivity index (χ4n) is 2.00. The van der Waals surface area contributed by atoms with Crippen molar-refractivity contribution in [1.82, 2.24) is 0 Å². The zero-order valence-corrected chi connectivity index (χ0v) is 9.85. The van der Waals surface area contributed by atoms with Crippen LogP contribution in [0.1, 0.15) is 33.1 Å². The van der Waals surface area contributed by atoms with Crippen LogP contribution >= 0.6 is 11.8 Å². The predicted molar refractivity (Wildman–Crippen MR) is 60.6 cm³/mol. The molecule has 1 aliphatic heterocycles. The zero-order chi connectivity index (χ0) is 10.6. The SMILES string of the molecule is CC(C)C(CC1CCSCC1)C(=O)O. The van der Waals surface area contributed by atoms with Gasteiger partial charge in [0.15, 0.2) is 0 Å². The molecule has 1 unspecified atom stereocenters. The van der Waals surface area contributed by atoms with Crippen LogP contribution in [0.5, 0.6) is 0 Å². The Hall–Kier alpha value is -0.180. The van der Waals surface area contributed by atoms with Gasteiger partial charge in [0.25, 0.3) is 0 Å². The van der Waals surface area contributed by atoms with Gasteiger partial charge in [-0.25, -0.2) is 0 Å². The number of aliphatic carboxylic acids is 1. The highest BCUT2D eigenvalue weighted by Gasteiger charge is 2.26. The molecule has 1 fully saturated rings. The summed E-state index contributed by atoms with van der Waals surface area (Å²) in [7, 11) is 0. The Morgan fingerprint density at radius 3 is 2.43 bits per heavy atom. The molecule has 2 nitrogen and oxygen atoms in total. The van der Waals surface area contributed by atoms with Crippen molar-refractivity contribution in [3.8, 4) is 0 Å². The van der Waals surface area contributed by atoms with Gasteiger partial charge in [0, 0.05) is 0 Å². The lowest BCUT2D eigenvalue weighted by Crippen LogP contribution is -2.24. The van der Waals surface area contributed by atoms with E-state index in [0.29, 0.717) is 5.92 Å². The monoisotopic (exact) mass is 216 g/mol. The van der Waals surface area contributed by atoms with Crippen molar-refractivity contribution in [2.24, 2.45) is 17.8 Å². The number of hydrogen-bond donors (Lipinski definition) is 1. The summed E-state index contributed by atoms with van der Waals surface area (Å²) < 4.78 is 0. The lowest BCUT2D eigenvalue weighted by atomic mass is 9.84. The van der Waals surface area contributed by atoms with Crippen LogP contribution in [0.25, 0.3) is 0 Å². The molecule has 1 atom stereocenters. The quantitative estimate of drug-likeness (QED) is 0.785. The molecule has 1 N–H and O–H groups in total. The summed E-state index contributed by atoms with van der Waals surface area (Å²) in [5.74, 6) is 2.60. The van der Waals surface area contributed by atoms with E-state index in [-0.39, 0.29) is 11.8 Å². The van der Waals surface area contributed by atoms with Gasteiger partial charge in [-0.2, -0.15) is 11.8 Å². The standard InChI is InChI=1S/C11H20O2S/c1-8(2)10(11(12)13)7-9-3-5-14-6-4-9/h8-10H,3-7H2,1-2H3,(H,12,13). The summed E-state index contributed by atoms with van der Waals surface area (Å²) in [6, 6.07) is 0. The third kappa shape index (κ3) is 3.52. The van der Waals surface area contributed by atoms with Gasteiger partial charge in [-0.3, -0.25) is 4.79 Å². The Morgan fingerprint density at radius 1 is 1.43 bits per heavy atom. The number of carboxylic acid groups (broad SMARTS) is 1. The van der Waals surface area contributed by atoms with E-state index >= 15 is 0 Å². The highest BCUT2D eigenvalue weighted by Crippen LogP contribution is 2.30. The Balaban J connectivity index is 2.41. The number of hydrogen-bond acceptors (Lipinski definition) is 2. The third-order valence-corrected chi connectivity index (χ3v) is 4.10. The molecule has 0 saturated carbocycles. The van der Waals surface area contributed by atoms with Crippen LogP contribution in [-0.4, -0.2) is 22.6 Å². The van der Waals surface area contributed by atoms with Crippen LogP contribution in [-0.2, 0) is 4.79 Å². The molecule has 82 valence electrons. The van der Waals surface area contributed by atoms with E-state index in [0.717, 1.165) is 6.42 Å². The number of thioether (sulfide) groups is 1. The molecule has 0 aliphatic carbocycles. The minimum Gasteiger partial charge on any atom is -0.481 e. The minimum absolute atomic E-state index is 0.136. The molecule has 0 radical (unpaired) electrons. The van der Waals surface area contributed by atoms with Gasteiger partial charge < -0.3 is 5.11 Å². The molecule has 1 aliphatic rings. The van der Waals surface area contributed by atoms with Crippen molar-refractivity contribution < 1.29 is 9.90 Å². The normalized spacial score (nSPS) is 21.1. The van der Waals surface area contributed by atoms with Gasteiger partial charge in [-0.15, -0.1) is 0 Å². The van der Waals surface area contributed by atoms with E-state index in [9.17, 15) is 4.79 Å². The van der Waals surface area contributed by atoms with Crippen molar-refractivity contribution >= 4 is 17.7 Å². The Kier molecular flexibility index (Phi) is 4.79. The van der Waals surface area contributed by atoms with Gasteiger partial charge in [0.2, 0.25) is 0 Å². The Morgan fingerprint density at radius 2 is 2.00 bits per heavy atom. The first-order valence-electron chi connectivity index (χ1n) is 5.41. The molecular weight excluding hydrogens is 196 g/mol. The highest BCUT2D eigenvalue weighted by atomic mass is 32.2. The molecule has 1 saturated heterocycles. The van der Waals surface area contributed by atoms with Crippen LogP contribution in [0.4, 0.5) is 0 Å². The topological polar surface area (TPSA) is 37.3 Å². The summed E-state index contributed by atoms with van der Waals surface area (Å²) in [6.45, 7) is 4.02. The largest absolute Gasteiger partial charge is 0.481 e. The van der Waals surface area contributed by atoms with Crippen LogP contribution in [0.3, 0.4) is 0 Å². The van der Waals surface area contributed by atoms with E-state index in [2.05, 4.69) is 0 Å². The Bertz CT molecular complexity index is 186. The maximum atomic E-state index is 11.0. The molecule has 0 aromatic carbocycles. The maximum absolute atomic E-state index is 11.0. The molecule has 0 aromatic heterocycles. The molecule has 1 rings (SSSR count). The molecule has 0 spiro atoms. The van der Waals surface area contributed by atoms with E-state index in [1.807, 2.05) is 25.6 Å². The molecule has 3 heteroatoms. The van der Waals surface area contributed by atoms with E-state index in [1.165, 1.54) is 24.3 Å². The van der Waals surface area contributed by atoms with Gasteiger partial charge >= 0.3 is 5.97 Å². The average Bonchev–Trinajstić information content (AvgIpc) is 2.15. The van der Waals surface area contributed by atoms with Crippen LogP contribution in [0, 0.1) is 17.8 Å². The fourth-order valence-corrected chi connectivity index (χ4v) is 3.20. The molecule has 14 heavy (non-hydrogen) atoms. The summed E-state index contributed by atoms with van der Waals surface area (Å²) in [4.78, 5) is 11.0. The van der Waals surface area contributed by atoms with Crippen molar-refractivity contribution in [3.05, 3.63) is 0 Å². The fraction of sp³-hybridized carbons (Fsp3) is 0.909. The summed E-state index contributed by atoms with van der Waals surface area (Å²) in [5.41, 5.74) is 0. The molecule has 0 amide bonds. The van der Waals surface area contributed by atoms with Crippen molar-refractivity contribution in [1.29, 1.82) is 0 Å². The Labute approximate surface area is 90.5 Å². The minimum atomic E-state index is -0.613. The molecular formula is C11H20O2S. The van der Waals surface area contributed by atoms with Crippen molar-refractivity contribution in [2.75, 3.05) is 11.5 Å². The van der Waals surface area contributed by atoms with Crippen LogP contribution < -0.4 is 0 Å². The van der Waals surface area contributed by atoms with Crippen molar-refractivity contribution in [3.63, 3.8) is 0 Å². The predicted octanol–water partition coefficient (Wildman–Crippen LogP) is 2.88. The molecule has 1 heterocycles. The maximum Gasteiger partial charge on any atom is 0.306 e. The second kappa shape index (κ2) is 5.64. The van der Waals surface area contributed by atoms with Gasteiger partial charge in [-0.1, -0.05) is 13.8 Å². The van der Waals surface area contributed by atoms with Crippen LogP contribution in [0.2, 0.25) is 0 Å². The zero-order valence-electron chi connectivity index (χ0n) is 9.03. The van der Waals surface area contributed by atoms with E-state index < -0.39 is 5.97 Å². The number of rotatable bonds is 4. The lowest BCUT2D eigenvalue weighted by molar-refractivity contribution is -0.144. The second-order valence-corrected chi connectivity index (χ2v) is 5.70. The molecule has 0 bridgehead atoms. The van der Waals surface area contributed by atoms with Crippen LogP contribution in [0.15, 0.2) is 0 Å². The summed E-state index contributed by atoms with van der Waals surface area (Å²) >= 11 is 2.00. The average molecular weight is 216 g/mol. The summed E-state index contributed by atoms with van der Waals surface area (Å²) in [6.07, 6.45) is 3.30. The third-order valence-electron chi connectivity index (χ3n) is 3.05. The first-order valence-corrected chi connectivity index (χ1v) is 6.57. The first-order chi connectivity index (χ1) is 6.61. The number of carbonyl (C=O) groups is 1. The van der Waals surface area contributed by atoms with Gasteiger partial charge in [0.1, 0.15) is 0 Å². The number of carboxylic acids is 1. The van der Waals surface area contributed by atoms with Crippen molar-refractivity contribution in [2.45, 2.75) is 33.1 Å². The summed E-state index contributed by atoms with van der Waals surface area (Å²) in [5, 5.41) is 9.07. The first kappa shape index (κ1) is 11.9. The van der Waals surface area contributed by atoms with Gasteiger partial charge in [0.05, 0.1) is 5.92 Å². The van der Waals surface area contributed by atoms with E-state index in [1.54, 1.807) is 0 Å². The van der Waals surface area contributed by atoms with Gasteiger partial charge in [-0.05, 0) is 42.6 Å². The highest BCUT2D eigenvalue weighted by molar-refractivity contribution is 7.99.